The van der Waals surface area contributed by atoms with Crippen molar-refractivity contribution in [2.75, 3.05) is 27.3 Å². The van der Waals surface area contributed by atoms with Gasteiger partial charge in [0, 0.05) is 31.1 Å². The maximum atomic E-state index is 13.5. The molecule has 3 rings (SSSR count). The fraction of sp³-hybridized carbons (Fsp3) is 0.696. The summed E-state index contributed by atoms with van der Waals surface area (Å²) in [7, 11) is -0.776. The molecule has 1 aromatic carbocycles. The number of hydrogen-bond donors (Lipinski definition) is 1. The molecule has 1 unspecified atom stereocenters. The Bertz CT molecular complexity index is 834. The van der Waals surface area contributed by atoms with E-state index in [1.165, 1.54) is 39.5 Å². The Hall–Kier alpha value is -1.80. The number of ether oxygens (including phenoxy) is 2. The summed E-state index contributed by atoms with van der Waals surface area (Å²) in [6.45, 7) is 0.800. The van der Waals surface area contributed by atoms with E-state index < -0.39 is 10.0 Å². The maximum absolute atomic E-state index is 13.5. The molecule has 1 saturated carbocycles. The lowest BCUT2D eigenvalue weighted by Crippen LogP contribution is -2.50. The number of carbonyl (C=O) groups is 1. The van der Waals surface area contributed by atoms with Crippen molar-refractivity contribution in [1.82, 2.24) is 9.62 Å². The van der Waals surface area contributed by atoms with Gasteiger partial charge in [0.2, 0.25) is 15.9 Å². The van der Waals surface area contributed by atoms with Crippen molar-refractivity contribution in [3.8, 4) is 11.5 Å². The van der Waals surface area contributed by atoms with Crippen LogP contribution in [0.1, 0.15) is 64.2 Å². The third-order valence-electron chi connectivity index (χ3n) is 6.52. The number of nitrogens with one attached hydrogen (secondary N) is 1. The average molecular weight is 453 g/mol. The van der Waals surface area contributed by atoms with E-state index in [1.807, 2.05) is 0 Å². The molecule has 1 N–H and O–H groups in total. The molecule has 1 saturated heterocycles. The second-order valence-electron chi connectivity index (χ2n) is 8.57. The molecule has 1 aliphatic carbocycles. The number of methoxy groups -OCH3 is 2. The van der Waals surface area contributed by atoms with Crippen LogP contribution in [0.4, 0.5) is 0 Å². The molecule has 0 radical (unpaired) electrons. The van der Waals surface area contributed by atoms with E-state index in [-0.39, 0.29) is 28.5 Å². The van der Waals surface area contributed by atoms with Crippen LogP contribution in [0.5, 0.6) is 11.5 Å². The van der Waals surface area contributed by atoms with Gasteiger partial charge in [-0.1, -0.05) is 38.5 Å². The van der Waals surface area contributed by atoms with E-state index in [2.05, 4.69) is 5.32 Å². The number of sulfonamides is 1. The Morgan fingerprint density at radius 1 is 1.00 bits per heavy atom. The first-order valence-electron chi connectivity index (χ1n) is 11.5. The molecule has 1 amide bonds. The van der Waals surface area contributed by atoms with Gasteiger partial charge in [-0.05, 0) is 37.8 Å². The first kappa shape index (κ1) is 23.9. The molecule has 0 aromatic heterocycles. The van der Waals surface area contributed by atoms with Gasteiger partial charge in [-0.3, -0.25) is 4.79 Å². The maximum Gasteiger partial charge on any atom is 0.247 e. The molecule has 1 atom stereocenters. The van der Waals surface area contributed by atoms with Crippen LogP contribution >= 0.6 is 0 Å². The molecule has 1 heterocycles. The van der Waals surface area contributed by atoms with Crippen molar-refractivity contribution in [2.45, 2.75) is 75.1 Å². The lowest BCUT2D eigenvalue weighted by molar-refractivity contribution is -0.125. The smallest absolute Gasteiger partial charge is 0.247 e. The molecule has 0 spiro atoms. The minimum Gasteiger partial charge on any atom is -0.497 e. The van der Waals surface area contributed by atoms with Crippen molar-refractivity contribution in [1.29, 1.82) is 0 Å². The number of nitrogens with zero attached hydrogens (tertiary/aromatic N) is 1. The van der Waals surface area contributed by atoms with Crippen molar-refractivity contribution in [3.63, 3.8) is 0 Å². The SMILES string of the molecule is COc1ccc(S(=O)(=O)N2CCCCC2CNC(=O)C2CCCCCCC2)c(OC)c1. The first-order chi connectivity index (χ1) is 15.0. The largest absolute Gasteiger partial charge is 0.497 e. The molecule has 31 heavy (non-hydrogen) atoms. The van der Waals surface area contributed by atoms with Gasteiger partial charge in [-0.15, -0.1) is 0 Å². The van der Waals surface area contributed by atoms with E-state index in [0.717, 1.165) is 44.9 Å². The summed E-state index contributed by atoms with van der Waals surface area (Å²) in [6, 6.07) is 4.50. The molecule has 2 aliphatic rings. The number of benzene rings is 1. The van der Waals surface area contributed by atoms with E-state index in [1.54, 1.807) is 16.4 Å². The summed E-state index contributed by atoms with van der Waals surface area (Å²) in [4.78, 5) is 12.9. The van der Waals surface area contributed by atoms with Crippen LogP contribution in [-0.2, 0) is 14.8 Å². The second-order valence-corrected chi connectivity index (χ2v) is 10.4. The van der Waals surface area contributed by atoms with Gasteiger partial charge in [0.1, 0.15) is 16.4 Å². The highest BCUT2D eigenvalue weighted by Gasteiger charge is 2.36. The summed E-state index contributed by atoms with van der Waals surface area (Å²) >= 11 is 0. The fourth-order valence-corrected chi connectivity index (χ4v) is 6.52. The van der Waals surface area contributed by atoms with Crippen LogP contribution in [0.15, 0.2) is 23.1 Å². The van der Waals surface area contributed by atoms with Gasteiger partial charge in [-0.25, -0.2) is 8.42 Å². The van der Waals surface area contributed by atoms with Crippen LogP contribution in [0, 0.1) is 5.92 Å². The Morgan fingerprint density at radius 3 is 2.35 bits per heavy atom. The Balaban J connectivity index is 1.71. The highest BCUT2D eigenvalue weighted by Crippen LogP contribution is 2.33. The van der Waals surface area contributed by atoms with Crippen LogP contribution in [0.2, 0.25) is 0 Å². The number of piperidine rings is 1. The van der Waals surface area contributed by atoms with Gasteiger partial charge in [0.05, 0.1) is 14.2 Å². The van der Waals surface area contributed by atoms with E-state index >= 15 is 0 Å². The van der Waals surface area contributed by atoms with E-state index in [4.69, 9.17) is 9.47 Å². The molecule has 2 fully saturated rings. The molecular formula is C23H36N2O5S. The minimum atomic E-state index is -3.76. The van der Waals surface area contributed by atoms with Crippen LogP contribution in [-0.4, -0.2) is 52.0 Å². The standard InChI is InChI=1S/C23H36N2O5S/c1-29-20-13-14-22(21(16-20)30-2)31(27,28)25-15-9-8-12-19(25)17-24-23(26)18-10-6-4-3-5-7-11-18/h13-14,16,18-19H,3-12,15,17H2,1-2H3,(H,24,26). The van der Waals surface area contributed by atoms with Crippen LogP contribution in [0.3, 0.4) is 0 Å². The molecular weight excluding hydrogens is 416 g/mol. The molecule has 1 aliphatic heterocycles. The Morgan fingerprint density at radius 2 is 1.68 bits per heavy atom. The van der Waals surface area contributed by atoms with E-state index in [9.17, 15) is 13.2 Å². The molecule has 7 nitrogen and oxygen atoms in total. The number of carbonyl (C=O) groups excluding carboxylic acids is 1. The normalized spacial score (nSPS) is 21.7. The number of amides is 1. The van der Waals surface area contributed by atoms with Gasteiger partial charge >= 0.3 is 0 Å². The van der Waals surface area contributed by atoms with Gasteiger partial charge in [0.15, 0.2) is 0 Å². The van der Waals surface area contributed by atoms with Crippen molar-refractivity contribution >= 4 is 15.9 Å². The lowest BCUT2D eigenvalue weighted by atomic mass is 9.90. The van der Waals surface area contributed by atoms with E-state index in [0.29, 0.717) is 18.8 Å². The molecule has 174 valence electrons. The van der Waals surface area contributed by atoms with Gasteiger partial charge in [-0.2, -0.15) is 4.31 Å². The number of rotatable bonds is 7. The predicted octanol–water partition coefficient (Wildman–Crippen LogP) is 3.72. The summed E-state index contributed by atoms with van der Waals surface area (Å²) in [5, 5.41) is 3.07. The average Bonchev–Trinajstić information content (AvgIpc) is 2.76. The Kier molecular flexibility index (Phi) is 8.60. The van der Waals surface area contributed by atoms with Gasteiger partial charge < -0.3 is 14.8 Å². The highest BCUT2D eigenvalue weighted by atomic mass is 32.2. The second kappa shape index (κ2) is 11.2. The Labute approximate surface area is 186 Å². The zero-order valence-electron chi connectivity index (χ0n) is 18.8. The summed E-state index contributed by atoms with van der Waals surface area (Å²) in [6.07, 6.45) is 10.2. The molecule has 0 bridgehead atoms. The van der Waals surface area contributed by atoms with Crippen molar-refractivity contribution in [2.24, 2.45) is 5.92 Å². The topological polar surface area (TPSA) is 84.9 Å². The monoisotopic (exact) mass is 452 g/mol. The number of hydrogen-bond acceptors (Lipinski definition) is 5. The zero-order valence-corrected chi connectivity index (χ0v) is 19.6. The van der Waals surface area contributed by atoms with Crippen LogP contribution in [0.25, 0.3) is 0 Å². The third kappa shape index (κ3) is 5.92. The fourth-order valence-electron chi connectivity index (χ4n) is 4.69. The van der Waals surface area contributed by atoms with Gasteiger partial charge in [0.25, 0.3) is 0 Å². The van der Waals surface area contributed by atoms with Crippen LogP contribution < -0.4 is 14.8 Å². The third-order valence-corrected chi connectivity index (χ3v) is 8.51. The highest BCUT2D eigenvalue weighted by molar-refractivity contribution is 7.89. The molecule has 8 heteroatoms. The quantitative estimate of drug-likeness (QED) is 0.681. The summed E-state index contributed by atoms with van der Waals surface area (Å²) in [5.74, 6) is 0.933. The zero-order chi connectivity index (χ0) is 22.3. The molecule has 1 aromatic rings. The summed E-state index contributed by atoms with van der Waals surface area (Å²) in [5.41, 5.74) is 0. The lowest BCUT2D eigenvalue weighted by Gasteiger charge is -2.35. The summed E-state index contributed by atoms with van der Waals surface area (Å²) < 4.78 is 39.1. The minimum absolute atomic E-state index is 0.0515. The predicted molar refractivity (Wildman–Crippen MR) is 120 cm³/mol. The van der Waals surface area contributed by atoms with Crippen molar-refractivity contribution in [3.05, 3.63) is 18.2 Å². The first-order valence-corrected chi connectivity index (χ1v) is 12.9. The van der Waals surface area contributed by atoms with Crippen molar-refractivity contribution < 1.29 is 22.7 Å².